The second-order valence-corrected chi connectivity index (χ2v) is 11.1. The summed E-state index contributed by atoms with van der Waals surface area (Å²) in [6.07, 6.45) is 1.84. The van der Waals surface area contributed by atoms with Gasteiger partial charge in [0.2, 0.25) is 0 Å². The zero-order valence-electron chi connectivity index (χ0n) is 25.2. The molecule has 0 atom stereocenters. The van der Waals surface area contributed by atoms with Crippen LogP contribution < -0.4 is 0 Å². The maximum atomic E-state index is 5.01. The minimum atomic E-state index is 0. The van der Waals surface area contributed by atoms with E-state index >= 15 is 0 Å². The fraction of sp³-hybridized carbons (Fsp3) is 0. The molecule has 47 heavy (non-hydrogen) atoms. The number of aromatic nitrogens is 4. The molecule has 6 aromatic carbocycles. The molecule has 0 N–H and O–H groups in total. The van der Waals surface area contributed by atoms with Crippen LogP contribution in [-0.4, -0.2) is 19.9 Å². The molecule has 0 saturated heterocycles. The van der Waals surface area contributed by atoms with E-state index in [1.165, 1.54) is 11.1 Å². The second kappa shape index (κ2) is 13.4. The van der Waals surface area contributed by atoms with Gasteiger partial charge in [0.05, 0.1) is 0 Å². The maximum Gasteiger partial charge on any atom is 0.164 e. The van der Waals surface area contributed by atoms with Crippen molar-refractivity contribution in [2.24, 2.45) is 0 Å². The molecule has 0 spiro atoms. The molecule has 2 heterocycles. The number of hydrogen-bond acceptors (Lipinski definition) is 4. The summed E-state index contributed by atoms with van der Waals surface area (Å²) in [6, 6.07) is 57.1. The number of hydrogen-bond donors (Lipinski definition) is 0. The number of rotatable bonds is 6. The molecule has 225 valence electrons. The summed E-state index contributed by atoms with van der Waals surface area (Å²) in [4.78, 5) is 19.7. The molecule has 2 aromatic heterocycles. The normalized spacial score (nSPS) is 10.8. The van der Waals surface area contributed by atoms with Gasteiger partial charge < -0.3 is 4.98 Å². The standard InChI is InChI=1S/C42H27N4.Ir/c1-3-10-29(11-4-1)31-18-22-34(23-19-31)40-44-41(35-24-20-32(21-25-35)30-12-5-2-6-13-30)46-42(45-40)37-16-9-15-36(28-37)39-38-17-8-7-14-33(38)26-27-43-39;/h1-14,16-28H;/q-1;. The van der Waals surface area contributed by atoms with Gasteiger partial charge in [-0.2, -0.15) is 0 Å². The summed E-state index contributed by atoms with van der Waals surface area (Å²) < 4.78 is 0. The van der Waals surface area contributed by atoms with Gasteiger partial charge in [-0.3, -0.25) is 0 Å². The smallest absolute Gasteiger partial charge is 0.164 e. The van der Waals surface area contributed by atoms with E-state index in [1.807, 2.05) is 48.7 Å². The molecule has 8 aromatic rings. The monoisotopic (exact) mass is 780 g/mol. The predicted molar refractivity (Wildman–Crippen MR) is 187 cm³/mol. The Morgan fingerprint density at radius 1 is 0.404 bits per heavy atom. The third kappa shape index (κ3) is 6.28. The van der Waals surface area contributed by atoms with Crippen LogP contribution in [0.4, 0.5) is 0 Å². The summed E-state index contributed by atoms with van der Waals surface area (Å²) in [5, 5.41) is 2.21. The van der Waals surface area contributed by atoms with Gasteiger partial charge in [0.15, 0.2) is 11.6 Å². The van der Waals surface area contributed by atoms with Crippen LogP contribution in [0.15, 0.2) is 164 Å². The molecule has 0 aliphatic heterocycles. The number of pyridine rings is 1. The van der Waals surface area contributed by atoms with E-state index in [2.05, 4.69) is 121 Å². The average Bonchev–Trinajstić information content (AvgIpc) is 3.15. The van der Waals surface area contributed by atoms with Crippen LogP contribution in [0.2, 0.25) is 0 Å². The summed E-state index contributed by atoms with van der Waals surface area (Å²) in [5.74, 6) is 1.82. The number of benzene rings is 6. The Hall–Kier alpha value is -5.61. The first-order valence-electron chi connectivity index (χ1n) is 15.2. The Labute approximate surface area is 287 Å². The molecule has 1 radical (unpaired) electrons. The SMILES string of the molecule is [Ir].[c-]1ccc(-c2nc(-c3ccc(-c4ccccc4)cc3)nc(-c3ccc(-c4ccccc4)cc3)n2)cc1-c1nccc2ccccc12. The van der Waals surface area contributed by atoms with Gasteiger partial charge in [-0.25, -0.2) is 15.0 Å². The maximum absolute atomic E-state index is 5.01. The quantitative estimate of drug-likeness (QED) is 0.158. The molecular formula is C42H27IrN4-. The van der Waals surface area contributed by atoms with Crippen molar-refractivity contribution in [2.45, 2.75) is 0 Å². The van der Waals surface area contributed by atoms with Crippen LogP contribution in [0.1, 0.15) is 0 Å². The van der Waals surface area contributed by atoms with Gasteiger partial charge in [-0.1, -0.05) is 139 Å². The zero-order chi connectivity index (χ0) is 30.7. The number of nitrogens with zero attached hydrogens (tertiary/aromatic N) is 4. The van der Waals surface area contributed by atoms with Crippen molar-refractivity contribution in [1.82, 2.24) is 19.9 Å². The van der Waals surface area contributed by atoms with E-state index in [4.69, 9.17) is 19.9 Å². The van der Waals surface area contributed by atoms with E-state index in [0.717, 1.165) is 49.8 Å². The first-order valence-corrected chi connectivity index (χ1v) is 15.2. The van der Waals surface area contributed by atoms with Crippen molar-refractivity contribution in [3.63, 3.8) is 0 Å². The Kier molecular flexibility index (Phi) is 8.57. The summed E-state index contributed by atoms with van der Waals surface area (Å²) >= 11 is 0. The van der Waals surface area contributed by atoms with Gasteiger partial charge in [-0.05, 0) is 44.8 Å². The third-order valence-electron chi connectivity index (χ3n) is 8.12. The van der Waals surface area contributed by atoms with Gasteiger partial charge in [-0.15, -0.1) is 29.8 Å². The van der Waals surface area contributed by atoms with E-state index in [-0.39, 0.29) is 20.1 Å². The van der Waals surface area contributed by atoms with Gasteiger partial charge in [0.1, 0.15) is 5.82 Å². The van der Waals surface area contributed by atoms with E-state index in [1.54, 1.807) is 0 Å². The topological polar surface area (TPSA) is 51.6 Å². The summed E-state index contributed by atoms with van der Waals surface area (Å²) in [5.41, 5.74) is 9.09. The van der Waals surface area contributed by atoms with E-state index in [9.17, 15) is 0 Å². The second-order valence-electron chi connectivity index (χ2n) is 11.1. The average molecular weight is 780 g/mol. The molecule has 0 aliphatic rings. The Bertz CT molecular complexity index is 2180. The third-order valence-corrected chi connectivity index (χ3v) is 8.12. The van der Waals surface area contributed by atoms with Crippen molar-refractivity contribution in [3.05, 3.63) is 170 Å². The van der Waals surface area contributed by atoms with E-state index in [0.29, 0.717) is 17.5 Å². The first-order chi connectivity index (χ1) is 22.8. The predicted octanol–water partition coefficient (Wildman–Crippen LogP) is 10.2. The largest absolute Gasteiger partial charge is 0.304 e. The minimum absolute atomic E-state index is 0. The van der Waals surface area contributed by atoms with Crippen LogP contribution in [0.3, 0.4) is 0 Å². The van der Waals surface area contributed by atoms with Crippen molar-refractivity contribution in [3.8, 4) is 67.7 Å². The molecule has 0 saturated carbocycles. The number of fused-ring (bicyclic) bond motifs is 1. The Morgan fingerprint density at radius 2 is 0.872 bits per heavy atom. The minimum Gasteiger partial charge on any atom is -0.304 e. The van der Waals surface area contributed by atoms with Gasteiger partial charge in [0, 0.05) is 37.4 Å². The van der Waals surface area contributed by atoms with Crippen molar-refractivity contribution >= 4 is 10.8 Å². The summed E-state index contributed by atoms with van der Waals surface area (Å²) in [6.45, 7) is 0. The molecule has 0 aliphatic carbocycles. The van der Waals surface area contributed by atoms with Crippen LogP contribution in [0.5, 0.6) is 0 Å². The van der Waals surface area contributed by atoms with Crippen LogP contribution in [0, 0.1) is 6.07 Å². The molecule has 8 rings (SSSR count). The molecule has 0 amide bonds. The van der Waals surface area contributed by atoms with Crippen molar-refractivity contribution < 1.29 is 20.1 Å². The first kappa shape index (κ1) is 30.1. The Balaban J connectivity index is 0.00000351. The zero-order valence-corrected chi connectivity index (χ0v) is 27.6. The van der Waals surface area contributed by atoms with Crippen LogP contribution in [0.25, 0.3) is 78.4 Å². The van der Waals surface area contributed by atoms with E-state index < -0.39 is 0 Å². The fourth-order valence-corrected chi connectivity index (χ4v) is 5.72. The van der Waals surface area contributed by atoms with Gasteiger partial charge >= 0.3 is 0 Å². The molecule has 5 heteroatoms. The Morgan fingerprint density at radius 3 is 1.45 bits per heavy atom. The molecule has 0 fully saturated rings. The molecule has 0 unspecified atom stereocenters. The van der Waals surface area contributed by atoms with Crippen molar-refractivity contribution in [2.75, 3.05) is 0 Å². The molecule has 0 bridgehead atoms. The van der Waals surface area contributed by atoms with Gasteiger partial charge in [0.25, 0.3) is 0 Å². The molecule has 4 nitrogen and oxygen atoms in total. The molecular weight excluding hydrogens is 753 g/mol. The van der Waals surface area contributed by atoms with Crippen LogP contribution in [-0.2, 0) is 20.1 Å². The fourth-order valence-electron chi connectivity index (χ4n) is 5.72. The summed E-state index contributed by atoms with van der Waals surface area (Å²) in [7, 11) is 0. The van der Waals surface area contributed by atoms with Crippen molar-refractivity contribution in [1.29, 1.82) is 0 Å². The van der Waals surface area contributed by atoms with Crippen LogP contribution >= 0.6 is 0 Å².